The molecule has 0 heterocycles. The van der Waals surface area contributed by atoms with Crippen molar-refractivity contribution in [1.29, 1.82) is 0 Å². The van der Waals surface area contributed by atoms with Gasteiger partial charge in [-0.15, -0.1) is 0 Å². The van der Waals surface area contributed by atoms with Gasteiger partial charge in [-0.1, -0.05) is 20.8 Å². The van der Waals surface area contributed by atoms with Crippen molar-refractivity contribution in [2.75, 3.05) is 18.4 Å². The van der Waals surface area contributed by atoms with Crippen LogP contribution in [0, 0.1) is 5.41 Å². The SMILES string of the molecule is CC(C)(C)C(=O)NCC(=O)Nc1ccc(C(=O)NCC(=O)O)cc1. The highest BCUT2D eigenvalue weighted by Gasteiger charge is 2.21. The maximum absolute atomic E-state index is 11.8. The van der Waals surface area contributed by atoms with Crippen LogP contribution in [0.3, 0.4) is 0 Å². The van der Waals surface area contributed by atoms with Crippen molar-refractivity contribution in [1.82, 2.24) is 10.6 Å². The lowest BCUT2D eigenvalue weighted by atomic mass is 9.96. The van der Waals surface area contributed by atoms with Crippen LogP contribution in [0.15, 0.2) is 24.3 Å². The monoisotopic (exact) mass is 335 g/mol. The highest BCUT2D eigenvalue weighted by Crippen LogP contribution is 2.12. The molecule has 0 saturated heterocycles. The number of hydrogen-bond acceptors (Lipinski definition) is 4. The molecule has 1 rings (SSSR count). The third-order valence-electron chi connectivity index (χ3n) is 2.92. The lowest BCUT2D eigenvalue weighted by Gasteiger charge is -2.17. The van der Waals surface area contributed by atoms with E-state index >= 15 is 0 Å². The largest absolute Gasteiger partial charge is 0.480 e. The number of benzene rings is 1. The van der Waals surface area contributed by atoms with Gasteiger partial charge in [-0.05, 0) is 24.3 Å². The molecule has 0 aromatic heterocycles. The molecule has 8 heteroatoms. The zero-order chi connectivity index (χ0) is 18.3. The minimum Gasteiger partial charge on any atom is -0.480 e. The number of carboxylic acids is 1. The van der Waals surface area contributed by atoms with Crippen molar-refractivity contribution in [3.63, 3.8) is 0 Å². The molecule has 1 aromatic carbocycles. The topological polar surface area (TPSA) is 125 Å². The van der Waals surface area contributed by atoms with E-state index in [0.717, 1.165) is 0 Å². The average Bonchev–Trinajstić information content (AvgIpc) is 2.50. The van der Waals surface area contributed by atoms with Gasteiger partial charge in [0.1, 0.15) is 6.54 Å². The van der Waals surface area contributed by atoms with Gasteiger partial charge in [-0.2, -0.15) is 0 Å². The number of rotatable bonds is 6. The van der Waals surface area contributed by atoms with Gasteiger partial charge < -0.3 is 21.1 Å². The standard InChI is InChI=1S/C16H21N3O5/c1-16(2,3)15(24)18-8-12(20)19-11-6-4-10(5-7-11)14(23)17-9-13(21)22/h4-7H,8-9H2,1-3H3,(H,17,23)(H,18,24)(H,19,20)(H,21,22). The molecule has 0 spiro atoms. The van der Waals surface area contributed by atoms with Crippen LogP contribution in [0.4, 0.5) is 5.69 Å². The van der Waals surface area contributed by atoms with Gasteiger partial charge in [0.25, 0.3) is 5.91 Å². The molecule has 0 unspecified atom stereocenters. The smallest absolute Gasteiger partial charge is 0.322 e. The lowest BCUT2D eigenvalue weighted by molar-refractivity contribution is -0.135. The molecule has 3 amide bonds. The van der Waals surface area contributed by atoms with Crippen molar-refractivity contribution in [2.45, 2.75) is 20.8 Å². The molecule has 0 aliphatic heterocycles. The Hall–Kier alpha value is -2.90. The first-order valence-corrected chi connectivity index (χ1v) is 7.28. The number of carbonyl (C=O) groups excluding carboxylic acids is 3. The van der Waals surface area contributed by atoms with Gasteiger partial charge in [0.2, 0.25) is 11.8 Å². The number of carboxylic acid groups (broad SMARTS) is 1. The minimum atomic E-state index is -1.13. The molecule has 0 radical (unpaired) electrons. The van der Waals surface area contributed by atoms with Crippen molar-refractivity contribution >= 4 is 29.4 Å². The molecule has 1 aromatic rings. The Kier molecular flexibility index (Phi) is 6.46. The number of carbonyl (C=O) groups is 4. The second-order valence-electron chi connectivity index (χ2n) is 6.13. The van der Waals surface area contributed by atoms with Crippen LogP contribution in [0.2, 0.25) is 0 Å². The summed E-state index contributed by atoms with van der Waals surface area (Å²) in [5.74, 6) is -2.28. The van der Waals surface area contributed by atoms with E-state index in [4.69, 9.17) is 5.11 Å². The van der Waals surface area contributed by atoms with Crippen LogP contribution in [-0.2, 0) is 14.4 Å². The Morgan fingerprint density at radius 2 is 1.54 bits per heavy atom. The first-order valence-electron chi connectivity index (χ1n) is 7.28. The highest BCUT2D eigenvalue weighted by molar-refractivity contribution is 5.98. The van der Waals surface area contributed by atoms with E-state index in [1.807, 2.05) is 0 Å². The molecule has 24 heavy (non-hydrogen) atoms. The van der Waals surface area contributed by atoms with Crippen LogP contribution in [-0.4, -0.2) is 41.9 Å². The number of aliphatic carboxylic acids is 1. The number of anilines is 1. The molecule has 130 valence electrons. The van der Waals surface area contributed by atoms with E-state index in [-0.39, 0.29) is 18.0 Å². The van der Waals surface area contributed by atoms with Crippen LogP contribution < -0.4 is 16.0 Å². The van der Waals surface area contributed by atoms with E-state index in [0.29, 0.717) is 5.69 Å². The third-order valence-corrected chi connectivity index (χ3v) is 2.92. The average molecular weight is 335 g/mol. The van der Waals surface area contributed by atoms with Crippen LogP contribution >= 0.6 is 0 Å². The first kappa shape index (κ1) is 19.1. The van der Waals surface area contributed by atoms with Gasteiger partial charge in [0, 0.05) is 16.7 Å². The molecule has 0 aliphatic rings. The maximum atomic E-state index is 11.8. The van der Waals surface area contributed by atoms with Crippen molar-refractivity contribution < 1.29 is 24.3 Å². The number of hydrogen-bond donors (Lipinski definition) is 4. The molecule has 0 aliphatic carbocycles. The van der Waals surface area contributed by atoms with Crippen LogP contribution in [0.5, 0.6) is 0 Å². The molecule has 8 nitrogen and oxygen atoms in total. The van der Waals surface area contributed by atoms with E-state index in [1.165, 1.54) is 24.3 Å². The second kappa shape index (κ2) is 8.09. The molecular weight excluding hydrogens is 314 g/mol. The molecular formula is C16H21N3O5. The van der Waals surface area contributed by atoms with Gasteiger partial charge in [-0.3, -0.25) is 19.2 Å². The summed E-state index contributed by atoms with van der Waals surface area (Å²) in [7, 11) is 0. The predicted molar refractivity (Wildman–Crippen MR) is 87.5 cm³/mol. The van der Waals surface area contributed by atoms with E-state index in [1.54, 1.807) is 20.8 Å². The summed E-state index contributed by atoms with van der Waals surface area (Å²) in [5.41, 5.74) is 0.153. The summed E-state index contributed by atoms with van der Waals surface area (Å²) in [5, 5.41) is 15.8. The summed E-state index contributed by atoms with van der Waals surface area (Å²) in [6, 6.07) is 5.94. The Bertz CT molecular complexity index is 632. The lowest BCUT2D eigenvalue weighted by Crippen LogP contribution is -2.39. The molecule has 0 saturated carbocycles. The summed E-state index contributed by atoms with van der Waals surface area (Å²) >= 11 is 0. The Balaban J connectivity index is 2.52. The fourth-order valence-corrected chi connectivity index (χ4v) is 1.59. The fraction of sp³-hybridized carbons (Fsp3) is 0.375. The van der Waals surface area contributed by atoms with Gasteiger partial charge >= 0.3 is 5.97 Å². The Morgan fingerprint density at radius 1 is 0.958 bits per heavy atom. The van der Waals surface area contributed by atoms with E-state index < -0.39 is 29.7 Å². The quantitative estimate of drug-likeness (QED) is 0.606. The highest BCUT2D eigenvalue weighted by atomic mass is 16.4. The first-order chi connectivity index (χ1) is 11.1. The van der Waals surface area contributed by atoms with Crippen molar-refractivity contribution in [3.05, 3.63) is 29.8 Å². The van der Waals surface area contributed by atoms with Crippen LogP contribution in [0.1, 0.15) is 31.1 Å². The Labute approximate surface area is 139 Å². The molecule has 0 atom stereocenters. The van der Waals surface area contributed by atoms with Crippen molar-refractivity contribution in [3.8, 4) is 0 Å². The number of nitrogens with one attached hydrogen (secondary N) is 3. The fourth-order valence-electron chi connectivity index (χ4n) is 1.59. The zero-order valence-corrected chi connectivity index (χ0v) is 13.8. The molecule has 0 fully saturated rings. The number of amides is 3. The van der Waals surface area contributed by atoms with Gasteiger partial charge in [0.15, 0.2) is 0 Å². The third kappa shape index (κ3) is 6.47. The van der Waals surface area contributed by atoms with Gasteiger partial charge in [-0.25, -0.2) is 0 Å². The second-order valence-corrected chi connectivity index (χ2v) is 6.13. The zero-order valence-electron chi connectivity index (χ0n) is 13.8. The predicted octanol–water partition coefficient (Wildman–Crippen LogP) is 0.602. The molecule has 0 bridgehead atoms. The summed E-state index contributed by atoms with van der Waals surface area (Å²) in [6.07, 6.45) is 0. The van der Waals surface area contributed by atoms with Crippen LogP contribution in [0.25, 0.3) is 0 Å². The molecule has 4 N–H and O–H groups in total. The van der Waals surface area contributed by atoms with E-state index in [2.05, 4.69) is 16.0 Å². The summed E-state index contributed by atoms with van der Waals surface area (Å²) < 4.78 is 0. The van der Waals surface area contributed by atoms with Crippen molar-refractivity contribution in [2.24, 2.45) is 5.41 Å². The van der Waals surface area contributed by atoms with E-state index in [9.17, 15) is 19.2 Å². The van der Waals surface area contributed by atoms with Gasteiger partial charge in [0.05, 0.1) is 6.54 Å². The maximum Gasteiger partial charge on any atom is 0.322 e. The summed E-state index contributed by atoms with van der Waals surface area (Å²) in [4.78, 5) is 45.5. The Morgan fingerprint density at radius 3 is 2.04 bits per heavy atom. The normalized spacial score (nSPS) is 10.6. The summed E-state index contributed by atoms with van der Waals surface area (Å²) in [6.45, 7) is 4.61. The minimum absolute atomic E-state index is 0.156.